The van der Waals surface area contributed by atoms with Gasteiger partial charge in [0.05, 0.1) is 19.6 Å². The number of carbonyl (C=O) groups is 2. The highest BCUT2D eigenvalue weighted by atomic mass is 16.5. The molecule has 2 aromatic carbocycles. The minimum absolute atomic E-state index is 0.173. The molecule has 8 heteroatoms. The van der Waals surface area contributed by atoms with E-state index in [9.17, 15) is 14.7 Å². The van der Waals surface area contributed by atoms with Crippen LogP contribution in [-0.2, 0) is 11.3 Å². The minimum Gasteiger partial charge on any atom is -0.497 e. The van der Waals surface area contributed by atoms with Crippen molar-refractivity contribution < 1.29 is 19.4 Å². The number of carboxylic acid groups (broad SMARTS) is 1. The summed E-state index contributed by atoms with van der Waals surface area (Å²) in [7, 11) is 1.59. The predicted molar refractivity (Wildman–Crippen MR) is 117 cm³/mol. The smallest absolute Gasteiger partial charge is 0.305 e. The van der Waals surface area contributed by atoms with Crippen molar-refractivity contribution >= 4 is 22.9 Å². The molecule has 8 nitrogen and oxygen atoms in total. The standard InChI is InChI=1S/C24H20N4O4/c1-32-18-5-2-15(3-6-18)13-28-21(11-22(29)30)20-10-17(4-7-19(20)24(28)31)27-9-8-16-12-25-14-26-23(16)27/h2-10,12,14,21H,11,13H2,1H3,(H,29,30). The van der Waals surface area contributed by atoms with Crippen LogP contribution < -0.4 is 4.74 Å². The minimum atomic E-state index is -0.958. The lowest BCUT2D eigenvalue weighted by molar-refractivity contribution is -0.138. The van der Waals surface area contributed by atoms with Crippen LogP contribution in [0.5, 0.6) is 5.75 Å². The van der Waals surface area contributed by atoms with Gasteiger partial charge in [-0.3, -0.25) is 9.59 Å². The van der Waals surface area contributed by atoms with Gasteiger partial charge in [-0.2, -0.15) is 0 Å². The summed E-state index contributed by atoms with van der Waals surface area (Å²) in [5.41, 5.74) is 3.69. The normalized spacial score (nSPS) is 15.2. The average Bonchev–Trinajstić information content (AvgIpc) is 3.34. The summed E-state index contributed by atoms with van der Waals surface area (Å²) in [5, 5.41) is 10.5. The Hall–Kier alpha value is -4.20. The molecule has 0 spiro atoms. The zero-order valence-corrected chi connectivity index (χ0v) is 17.3. The van der Waals surface area contributed by atoms with Gasteiger partial charge in [0.2, 0.25) is 0 Å². The van der Waals surface area contributed by atoms with Gasteiger partial charge in [-0.15, -0.1) is 0 Å². The molecule has 2 aromatic heterocycles. The molecule has 1 unspecified atom stereocenters. The maximum absolute atomic E-state index is 13.2. The van der Waals surface area contributed by atoms with E-state index in [1.54, 1.807) is 24.3 Å². The summed E-state index contributed by atoms with van der Waals surface area (Å²) in [6, 6.07) is 14.3. The molecule has 1 N–H and O–H groups in total. The first-order valence-electron chi connectivity index (χ1n) is 10.1. The Morgan fingerprint density at radius 2 is 1.97 bits per heavy atom. The Morgan fingerprint density at radius 3 is 2.72 bits per heavy atom. The molecular formula is C24H20N4O4. The summed E-state index contributed by atoms with van der Waals surface area (Å²) >= 11 is 0. The summed E-state index contributed by atoms with van der Waals surface area (Å²) in [5.74, 6) is -0.410. The zero-order valence-electron chi connectivity index (χ0n) is 17.3. The molecule has 4 aromatic rings. The molecule has 0 saturated carbocycles. The lowest BCUT2D eigenvalue weighted by Gasteiger charge is -2.24. The number of carbonyl (C=O) groups excluding carboxylic acids is 1. The SMILES string of the molecule is COc1ccc(CN2C(=O)c3ccc(-n4ccc5cncnc54)cc3C2CC(=O)O)cc1. The van der Waals surface area contributed by atoms with Crippen LogP contribution in [0, 0.1) is 0 Å². The van der Waals surface area contributed by atoms with Gasteiger partial charge < -0.3 is 19.3 Å². The third-order valence-electron chi connectivity index (χ3n) is 5.77. The molecule has 1 amide bonds. The van der Waals surface area contributed by atoms with Gasteiger partial charge in [-0.05, 0) is 47.5 Å². The van der Waals surface area contributed by atoms with Crippen molar-refractivity contribution in [2.45, 2.75) is 19.0 Å². The van der Waals surface area contributed by atoms with E-state index in [1.165, 1.54) is 6.33 Å². The van der Waals surface area contributed by atoms with Crippen LogP contribution in [0.3, 0.4) is 0 Å². The maximum atomic E-state index is 13.2. The Balaban J connectivity index is 1.53. The highest BCUT2D eigenvalue weighted by molar-refractivity contribution is 6.00. The topological polar surface area (TPSA) is 97.5 Å². The first-order chi connectivity index (χ1) is 15.5. The van der Waals surface area contributed by atoms with E-state index in [2.05, 4.69) is 9.97 Å². The molecule has 0 bridgehead atoms. The Labute approximate surface area is 183 Å². The number of ether oxygens (including phenoxy) is 1. The number of nitrogens with zero attached hydrogens (tertiary/aromatic N) is 4. The fourth-order valence-corrected chi connectivity index (χ4v) is 4.22. The number of benzene rings is 2. The quantitative estimate of drug-likeness (QED) is 0.504. The third kappa shape index (κ3) is 3.35. The number of aromatic nitrogens is 3. The molecule has 32 heavy (non-hydrogen) atoms. The van der Waals surface area contributed by atoms with Crippen LogP contribution in [0.2, 0.25) is 0 Å². The average molecular weight is 428 g/mol. The van der Waals surface area contributed by atoms with Gasteiger partial charge in [-0.25, -0.2) is 9.97 Å². The van der Waals surface area contributed by atoms with E-state index < -0.39 is 12.0 Å². The molecule has 0 aliphatic carbocycles. The molecule has 160 valence electrons. The lowest BCUT2D eigenvalue weighted by atomic mass is 10.0. The summed E-state index contributed by atoms with van der Waals surface area (Å²) in [6.45, 7) is 0.310. The van der Waals surface area contributed by atoms with E-state index in [0.717, 1.165) is 28.0 Å². The fourth-order valence-electron chi connectivity index (χ4n) is 4.22. The van der Waals surface area contributed by atoms with E-state index in [1.807, 2.05) is 53.2 Å². The second-order valence-electron chi connectivity index (χ2n) is 7.65. The molecule has 1 aliphatic rings. The second-order valence-corrected chi connectivity index (χ2v) is 7.65. The van der Waals surface area contributed by atoms with E-state index in [0.29, 0.717) is 17.7 Å². The number of fused-ring (bicyclic) bond motifs is 2. The van der Waals surface area contributed by atoms with Crippen LogP contribution in [0.1, 0.15) is 33.9 Å². The van der Waals surface area contributed by atoms with Crippen molar-refractivity contribution in [3.8, 4) is 11.4 Å². The van der Waals surface area contributed by atoms with Crippen molar-refractivity contribution in [2.24, 2.45) is 0 Å². The van der Waals surface area contributed by atoms with E-state index in [-0.39, 0.29) is 12.3 Å². The van der Waals surface area contributed by atoms with Crippen molar-refractivity contribution in [3.05, 3.63) is 83.9 Å². The fraction of sp³-hybridized carbons (Fsp3) is 0.167. The summed E-state index contributed by atoms with van der Waals surface area (Å²) in [4.78, 5) is 34.9. The molecule has 0 radical (unpaired) electrons. The van der Waals surface area contributed by atoms with Crippen LogP contribution >= 0.6 is 0 Å². The van der Waals surface area contributed by atoms with Crippen LogP contribution in [0.15, 0.2) is 67.3 Å². The van der Waals surface area contributed by atoms with E-state index in [4.69, 9.17) is 4.74 Å². The molecule has 1 aliphatic heterocycles. The summed E-state index contributed by atoms with van der Waals surface area (Å²) in [6.07, 6.45) is 4.94. The van der Waals surface area contributed by atoms with Crippen molar-refractivity contribution in [1.29, 1.82) is 0 Å². The summed E-state index contributed by atoms with van der Waals surface area (Å²) < 4.78 is 7.10. The lowest BCUT2D eigenvalue weighted by Crippen LogP contribution is -2.29. The van der Waals surface area contributed by atoms with Gasteiger partial charge in [0.1, 0.15) is 17.7 Å². The molecule has 1 atom stereocenters. The van der Waals surface area contributed by atoms with Gasteiger partial charge in [0, 0.05) is 35.6 Å². The van der Waals surface area contributed by atoms with Gasteiger partial charge in [0.15, 0.2) is 0 Å². The number of hydrogen-bond acceptors (Lipinski definition) is 5. The molecular weight excluding hydrogens is 408 g/mol. The van der Waals surface area contributed by atoms with Gasteiger partial charge in [-0.1, -0.05) is 12.1 Å². The highest BCUT2D eigenvalue weighted by Crippen LogP contribution is 2.38. The second kappa shape index (κ2) is 7.81. The van der Waals surface area contributed by atoms with E-state index >= 15 is 0 Å². The molecule has 5 rings (SSSR count). The Bertz CT molecular complexity index is 1330. The van der Waals surface area contributed by atoms with Gasteiger partial charge in [0.25, 0.3) is 5.91 Å². The molecule has 0 saturated heterocycles. The van der Waals surface area contributed by atoms with Crippen LogP contribution in [0.25, 0.3) is 16.7 Å². The largest absolute Gasteiger partial charge is 0.497 e. The van der Waals surface area contributed by atoms with Crippen LogP contribution in [0.4, 0.5) is 0 Å². The number of carboxylic acids is 1. The third-order valence-corrected chi connectivity index (χ3v) is 5.77. The first kappa shape index (κ1) is 19.7. The molecule has 3 heterocycles. The number of amides is 1. The number of hydrogen-bond donors (Lipinski definition) is 1. The monoisotopic (exact) mass is 428 g/mol. The number of methoxy groups -OCH3 is 1. The predicted octanol–water partition coefficient (Wildman–Crippen LogP) is 3.60. The first-order valence-corrected chi connectivity index (χ1v) is 10.1. The van der Waals surface area contributed by atoms with Crippen molar-refractivity contribution in [2.75, 3.05) is 7.11 Å². The molecule has 0 fully saturated rings. The zero-order chi connectivity index (χ0) is 22.2. The Morgan fingerprint density at radius 1 is 1.16 bits per heavy atom. The number of rotatable bonds is 6. The van der Waals surface area contributed by atoms with Crippen LogP contribution in [-0.4, -0.2) is 43.5 Å². The number of aliphatic carboxylic acids is 1. The van der Waals surface area contributed by atoms with Gasteiger partial charge >= 0.3 is 5.97 Å². The van der Waals surface area contributed by atoms with Crippen molar-refractivity contribution in [3.63, 3.8) is 0 Å². The maximum Gasteiger partial charge on any atom is 0.305 e. The Kier molecular flexibility index (Phi) is 4.82. The van der Waals surface area contributed by atoms with Crippen molar-refractivity contribution in [1.82, 2.24) is 19.4 Å². The highest BCUT2D eigenvalue weighted by Gasteiger charge is 2.38.